The van der Waals surface area contributed by atoms with Crippen LogP contribution in [0.4, 0.5) is 0 Å². The van der Waals surface area contributed by atoms with Gasteiger partial charge in [0.25, 0.3) is 7.42 Å². The monoisotopic (exact) mass is 304 g/mol. The topological polar surface area (TPSA) is 18.5 Å². The van der Waals surface area contributed by atoms with Crippen LogP contribution in [0.3, 0.4) is 0 Å². The fourth-order valence-electron chi connectivity index (χ4n) is 2.06. The Hall–Kier alpha value is -0.223. The number of halogens is 2. The molecule has 0 saturated carbocycles. The number of rotatable bonds is 4. The summed E-state index contributed by atoms with van der Waals surface area (Å²) >= 11 is 12.0. The van der Waals surface area contributed by atoms with Crippen molar-refractivity contribution in [2.75, 3.05) is 0 Å². The van der Waals surface area contributed by atoms with E-state index < -0.39 is 13.2 Å². The third kappa shape index (κ3) is 3.21. The van der Waals surface area contributed by atoms with E-state index in [1.165, 1.54) is 0 Å². The summed E-state index contributed by atoms with van der Waals surface area (Å²) in [6.45, 7) is 4.73. The van der Waals surface area contributed by atoms with E-state index in [1.807, 2.05) is 25.1 Å². The summed E-state index contributed by atoms with van der Waals surface area (Å²) in [6.07, 6.45) is 3.15. The van der Waals surface area contributed by atoms with E-state index in [9.17, 15) is 0 Å². The molecule has 100 valence electrons. The molecule has 0 aromatic heterocycles. The van der Waals surface area contributed by atoms with E-state index in [0.717, 1.165) is 35.8 Å². The molecule has 1 aromatic rings. The molecule has 1 heterocycles. The van der Waals surface area contributed by atoms with Crippen LogP contribution in [-0.2, 0) is 11.3 Å². The first kappa shape index (κ1) is 14.2. The molecule has 1 aromatic carbocycles. The standard InChI is InChI=1S/C13H18Cl2O2Si/c1-3-4-7-13(2)16-9-10-8-11(18(14)15)5-6-12(10)17-13/h5-6,8,18H,3-4,7,9H2,1-2H3. The maximum Gasteiger partial charge on any atom is 0.266 e. The van der Waals surface area contributed by atoms with Crippen LogP contribution in [0.5, 0.6) is 5.75 Å². The second-order valence-electron chi connectivity index (χ2n) is 4.80. The van der Waals surface area contributed by atoms with Gasteiger partial charge in [0.05, 0.1) is 6.61 Å². The van der Waals surface area contributed by atoms with Gasteiger partial charge in [-0.1, -0.05) is 25.5 Å². The lowest BCUT2D eigenvalue weighted by atomic mass is 10.1. The van der Waals surface area contributed by atoms with Gasteiger partial charge in [0.1, 0.15) is 5.75 Å². The largest absolute Gasteiger partial charge is 0.462 e. The lowest BCUT2D eigenvalue weighted by molar-refractivity contribution is -0.197. The van der Waals surface area contributed by atoms with Crippen LogP contribution in [0, 0.1) is 0 Å². The zero-order chi connectivity index (χ0) is 13.2. The van der Waals surface area contributed by atoms with Gasteiger partial charge in [0.15, 0.2) is 0 Å². The fraction of sp³-hybridized carbons (Fsp3) is 0.538. The highest BCUT2D eigenvalue weighted by Gasteiger charge is 2.32. The van der Waals surface area contributed by atoms with Crippen LogP contribution in [0.25, 0.3) is 0 Å². The molecule has 0 bridgehead atoms. The molecule has 0 N–H and O–H groups in total. The number of hydrogen-bond acceptors (Lipinski definition) is 2. The molecule has 5 heteroatoms. The number of benzene rings is 1. The number of ether oxygens (including phenoxy) is 2. The van der Waals surface area contributed by atoms with Gasteiger partial charge >= 0.3 is 0 Å². The van der Waals surface area contributed by atoms with Crippen molar-refractivity contribution < 1.29 is 9.47 Å². The van der Waals surface area contributed by atoms with Crippen molar-refractivity contribution in [3.63, 3.8) is 0 Å². The van der Waals surface area contributed by atoms with E-state index in [-0.39, 0.29) is 0 Å². The second kappa shape index (κ2) is 5.82. The Balaban J connectivity index is 2.15. The minimum atomic E-state index is -1.80. The predicted octanol–water partition coefficient (Wildman–Crippen LogP) is 3.41. The predicted molar refractivity (Wildman–Crippen MR) is 78.3 cm³/mol. The Kier molecular flexibility index (Phi) is 4.59. The molecule has 1 aliphatic heterocycles. The van der Waals surface area contributed by atoms with Crippen molar-refractivity contribution in [3.05, 3.63) is 23.8 Å². The van der Waals surface area contributed by atoms with Gasteiger partial charge in [-0.25, -0.2) is 0 Å². The van der Waals surface area contributed by atoms with Crippen molar-refractivity contribution in [3.8, 4) is 5.75 Å². The van der Waals surface area contributed by atoms with E-state index in [4.69, 9.17) is 31.6 Å². The van der Waals surface area contributed by atoms with Crippen molar-refractivity contribution in [1.82, 2.24) is 0 Å². The first-order valence-electron chi connectivity index (χ1n) is 6.28. The van der Waals surface area contributed by atoms with Gasteiger partial charge in [-0.3, -0.25) is 0 Å². The minimum Gasteiger partial charge on any atom is -0.462 e. The van der Waals surface area contributed by atoms with Crippen molar-refractivity contribution in [1.29, 1.82) is 0 Å². The van der Waals surface area contributed by atoms with Crippen LogP contribution >= 0.6 is 22.2 Å². The van der Waals surface area contributed by atoms with Gasteiger partial charge in [0.2, 0.25) is 5.79 Å². The Morgan fingerprint density at radius 1 is 1.39 bits per heavy atom. The van der Waals surface area contributed by atoms with E-state index in [2.05, 4.69) is 6.92 Å². The highest BCUT2D eigenvalue weighted by atomic mass is 35.7. The third-order valence-electron chi connectivity index (χ3n) is 3.18. The highest BCUT2D eigenvalue weighted by Crippen LogP contribution is 2.33. The lowest BCUT2D eigenvalue weighted by Gasteiger charge is -2.36. The Bertz CT molecular complexity index is 425. The van der Waals surface area contributed by atoms with Crippen LogP contribution in [0.2, 0.25) is 0 Å². The zero-order valence-corrected chi connectivity index (χ0v) is 13.4. The Labute approximate surface area is 119 Å². The molecule has 1 unspecified atom stereocenters. The fourth-order valence-corrected chi connectivity index (χ4v) is 3.44. The molecular formula is C13H18Cl2O2Si. The summed E-state index contributed by atoms with van der Waals surface area (Å²) in [6, 6.07) is 5.93. The molecule has 1 aliphatic rings. The molecule has 0 amide bonds. The third-order valence-corrected chi connectivity index (χ3v) is 5.55. The Morgan fingerprint density at radius 2 is 2.17 bits per heavy atom. The van der Waals surface area contributed by atoms with Crippen LogP contribution < -0.4 is 9.92 Å². The van der Waals surface area contributed by atoms with Gasteiger partial charge in [0, 0.05) is 18.9 Å². The summed E-state index contributed by atoms with van der Waals surface area (Å²) in [5, 5.41) is 1.02. The summed E-state index contributed by atoms with van der Waals surface area (Å²) in [5.41, 5.74) is 1.04. The van der Waals surface area contributed by atoms with Gasteiger partial charge in [-0.2, -0.15) is 0 Å². The van der Waals surface area contributed by atoms with E-state index in [1.54, 1.807) is 0 Å². The SMILES string of the molecule is CCCCC1(C)OCc2cc([SiH](Cl)Cl)ccc2O1. The first-order valence-corrected chi connectivity index (χ1v) is 10.3. The number of fused-ring (bicyclic) bond motifs is 1. The zero-order valence-electron chi connectivity index (χ0n) is 10.7. The van der Waals surface area contributed by atoms with Crippen molar-refractivity contribution in [2.24, 2.45) is 0 Å². The van der Waals surface area contributed by atoms with E-state index in [0.29, 0.717) is 6.61 Å². The molecule has 0 radical (unpaired) electrons. The molecule has 2 rings (SSSR count). The average molecular weight is 305 g/mol. The first-order chi connectivity index (χ1) is 8.54. The molecule has 18 heavy (non-hydrogen) atoms. The summed E-state index contributed by atoms with van der Waals surface area (Å²) < 4.78 is 11.8. The van der Waals surface area contributed by atoms with Gasteiger partial charge in [-0.05, 0) is 17.7 Å². The molecule has 1 atom stereocenters. The van der Waals surface area contributed by atoms with Crippen LogP contribution in [0.15, 0.2) is 18.2 Å². The Morgan fingerprint density at radius 3 is 2.83 bits per heavy atom. The van der Waals surface area contributed by atoms with Crippen LogP contribution in [0.1, 0.15) is 38.7 Å². The summed E-state index contributed by atoms with van der Waals surface area (Å²) in [5.74, 6) is 0.398. The average Bonchev–Trinajstić information content (AvgIpc) is 2.35. The molecule has 0 aliphatic carbocycles. The molecular weight excluding hydrogens is 287 g/mol. The van der Waals surface area contributed by atoms with Gasteiger partial charge < -0.3 is 9.47 Å². The summed E-state index contributed by atoms with van der Waals surface area (Å²) in [7, 11) is -1.80. The van der Waals surface area contributed by atoms with E-state index >= 15 is 0 Å². The highest BCUT2D eigenvalue weighted by molar-refractivity contribution is 7.39. The molecule has 0 spiro atoms. The molecule has 2 nitrogen and oxygen atoms in total. The summed E-state index contributed by atoms with van der Waals surface area (Å²) in [4.78, 5) is 0. The minimum absolute atomic E-state index is 0.497. The number of unbranched alkanes of at least 4 members (excludes halogenated alkanes) is 1. The smallest absolute Gasteiger partial charge is 0.266 e. The quantitative estimate of drug-likeness (QED) is 0.627. The molecule has 0 fully saturated rings. The van der Waals surface area contributed by atoms with Crippen molar-refractivity contribution >= 4 is 34.8 Å². The number of hydrogen-bond donors (Lipinski definition) is 0. The maximum absolute atomic E-state index is 5.99. The second-order valence-corrected chi connectivity index (χ2v) is 9.35. The maximum atomic E-state index is 5.99. The van der Waals surface area contributed by atoms with Gasteiger partial charge in [-0.15, -0.1) is 22.2 Å². The molecule has 0 saturated heterocycles. The van der Waals surface area contributed by atoms with Crippen molar-refractivity contribution in [2.45, 2.75) is 45.5 Å². The van der Waals surface area contributed by atoms with Crippen LogP contribution in [-0.4, -0.2) is 13.2 Å². The normalized spacial score (nSPS) is 22.7. The lowest BCUT2D eigenvalue weighted by Crippen LogP contribution is -2.39.